The highest BCUT2D eigenvalue weighted by atomic mass is 32.2. The summed E-state index contributed by atoms with van der Waals surface area (Å²) in [4.78, 5) is 28.7. The lowest BCUT2D eigenvalue weighted by Gasteiger charge is -2.33. The maximum atomic E-state index is 12.4. The van der Waals surface area contributed by atoms with Crippen molar-refractivity contribution in [3.05, 3.63) is 17.7 Å². The van der Waals surface area contributed by atoms with Gasteiger partial charge in [-0.05, 0) is 31.4 Å². The molecule has 0 heterocycles. The highest BCUT2D eigenvalue weighted by molar-refractivity contribution is 7.78. The van der Waals surface area contributed by atoms with E-state index in [1.54, 1.807) is 13.0 Å². The average Bonchev–Trinajstić information content (AvgIpc) is 2.58. The minimum absolute atomic E-state index is 0.198. The van der Waals surface area contributed by atoms with Gasteiger partial charge >= 0.3 is 11.3 Å². The van der Waals surface area contributed by atoms with Gasteiger partial charge in [0.2, 0.25) is 12.2 Å². The largest absolute Gasteiger partial charge is 0.363 e. The minimum Gasteiger partial charge on any atom is -0.260 e. The minimum atomic E-state index is -2.21. The Labute approximate surface area is 150 Å². The van der Waals surface area contributed by atoms with Crippen LogP contribution in [0, 0.1) is 6.92 Å². The summed E-state index contributed by atoms with van der Waals surface area (Å²) in [5.41, 5.74) is 1.63. The number of quaternary nitrogens is 1. The van der Waals surface area contributed by atoms with Crippen LogP contribution in [0.1, 0.15) is 45.1 Å². The molecule has 0 aromatic heterocycles. The third kappa shape index (κ3) is 5.01. The first kappa shape index (κ1) is 21.1. The molecule has 1 atom stereocenters. The molecule has 0 aliphatic rings. The van der Waals surface area contributed by atoms with Crippen LogP contribution in [0.25, 0.3) is 0 Å². The molecule has 0 fully saturated rings. The van der Waals surface area contributed by atoms with Crippen molar-refractivity contribution in [2.45, 2.75) is 46.5 Å². The number of aliphatic imine (C=N–C) groups is 2. The molecule has 0 saturated carbocycles. The first-order valence-electron chi connectivity index (χ1n) is 8.26. The Bertz CT molecular complexity index is 715. The summed E-state index contributed by atoms with van der Waals surface area (Å²) in [5, 5.41) is 0. The van der Waals surface area contributed by atoms with Crippen molar-refractivity contribution < 1.29 is 18.4 Å². The number of benzene rings is 1. The van der Waals surface area contributed by atoms with Crippen molar-refractivity contribution in [3.8, 4) is 0 Å². The number of aryl methyl sites for hydroxylation is 1. The smallest absolute Gasteiger partial charge is 0.260 e. The summed E-state index contributed by atoms with van der Waals surface area (Å²) in [7, 11) is 0. The molecule has 1 aromatic carbocycles. The van der Waals surface area contributed by atoms with E-state index in [4.69, 9.17) is 0 Å². The van der Waals surface area contributed by atoms with Crippen molar-refractivity contribution in [1.29, 1.82) is 0 Å². The molecule has 0 radical (unpaired) electrons. The zero-order valence-corrected chi connectivity index (χ0v) is 15.6. The summed E-state index contributed by atoms with van der Waals surface area (Å²) in [6.07, 6.45) is 6.16. The van der Waals surface area contributed by atoms with E-state index < -0.39 is 11.3 Å². The number of hydrogen-bond acceptors (Lipinski definition) is 5. The number of isocyanates is 2. The van der Waals surface area contributed by atoms with E-state index in [0.29, 0.717) is 30.0 Å². The molecule has 1 aromatic rings. The molecule has 0 aliphatic heterocycles. The summed E-state index contributed by atoms with van der Waals surface area (Å²) in [6.45, 7) is 6.63. The van der Waals surface area contributed by atoms with Gasteiger partial charge in [0.15, 0.2) is 5.69 Å². The highest BCUT2D eigenvalue weighted by Gasteiger charge is 2.39. The third-order valence-electron chi connectivity index (χ3n) is 4.11. The number of unbranched alkanes of at least 4 members (excludes halogenated alkanes) is 2. The van der Waals surface area contributed by atoms with Crippen molar-refractivity contribution in [2.75, 3.05) is 13.1 Å². The molecular formula is C17H24N3O4S+. The van der Waals surface area contributed by atoms with E-state index >= 15 is 0 Å². The Morgan fingerprint density at radius 1 is 1.04 bits per heavy atom. The van der Waals surface area contributed by atoms with Crippen LogP contribution in [0.3, 0.4) is 0 Å². The molecule has 25 heavy (non-hydrogen) atoms. The molecular weight excluding hydrogens is 342 g/mol. The summed E-state index contributed by atoms with van der Waals surface area (Å²) in [6, 6.07) is 3.13. The van der Waals surface area contributed by atoms with E-state index in [2.05, 4.69) is 9.98 Å². The van der Waals surface area contributed by atoms with Gasteiger partial charge in [-0.3, -0.25) is 4.55 Å². The van der Waals surface area contributed by atoms with E-state index in [-0.39, 0.29) is 9.58 Å². The average molecular weight is 366 g/mol. The summed E-state index contributed by atoms with van der Waals surface area (Å²) in [5.74, 6) is 0. The van der Waals surface area contributed by atoms with E-state index in [1.807, 2.05) is 13.8 Å². The standard InChI is InChI=1S/C17H23N3O4S/c1-4-6-8-20(25(23)24,9-7-5-2)17-10-14(3)15(18-12-21)11-16(17)19-13-22/h10-11H,4-9H2,1-3H3/p+1. The molecule has 1 rings (SSSR count). The molecule has 136 valence electrons. The van der Waals surface area contributed by atoms with E-state index in [0.717, 1.165) is 25.7 Å². The normalized spacial score (nSPS) is 12.2. The third-order valence-corrected chi connectivity index (χ3v) is 5.27. The van der Waals surface area contributed by atoms with Gasteiger partial charge in [-0.25, -0.2) is 9.59 Å². The van der Waals surface area contributed by atoms with Crippen LogP contribution in [-0.4, -0.2) is 34.0 Å². The monoisotopic (exact) mass is 366 g/mol. The second kappa shape index (κ2) is 10.1. The van der Waals surface area contributed by atoms with Crippen LogP contribution in [0.4, 0.5) is 17.1 Å². The summed E-state index contributed by atoms with van der Waals surface area (Å²) >= 11 is -2.21. The maximum Gasteiger partial charge on any atom is 0.363 e. The molecule has 0 bridgehead atoms. The van der Waals surface area contributed by atoms with Crippen LogP contribution in [0.2, 0.25) is 0 Å². The van der Waals surface area contributed by atoms with Crippen molar-refractivity contribution in [1.82, 2.24) is 3.89 Å². The second-order valence-corrected chi connectivity index (χ2v) is 6.97. The molecule has 7 nitrogen and oxygen atoms in total. The van der Waals surface area contributed by atoms with Gasteiger partial charge in [0.1, 0.15) is 5.69 Å². The lowest BCUT2D eigenvalue weighted by Crippen LogP contribution is -2.52. The van der Waals surface area contributed by atoms with E-state index in [9.17, 15) is 18.4 Å². The lowest BCUT2D eigenvalue weighted by atomic mass is 10.1. The van der Waals surface area contributed by atoms with Crippen LogP contribution >= 0.6 is 0 Å². The van der Waals surface area contributed by atoms with Crippen LogP contribution in [-0.2, 0) is 20.9 Å². The number of carbonyl (C=O) groups excluding carboxylic acids is 2. The first-order chi connectivity index (χ1) is 12.0. The predicted octanol–water partition coefficient (Wildman–Crippen LogP) is 3.97. The molecule has 0 aliphatic carbocycles. The Morgan fingerprint density at radius 2 is 1.56 bits per heavy atom. The molecule has 0 amide bonds. The number of rotatable bonds is 10. The fourth-order valence-electron chi connectivity index (χ4n) is 2.73. The zero-order chi connectivity index (χ0) is 18.9. The molecule has 0 spiro atoms. The zero-order valence-electron chi connectivity index (χ0n) is 14.8. The van der Waals surface area contributed by atoms with Crippen molar-refractivity contribution in [3.63, 3.8) is 0 Å². The quantitative estimate of drug-likeness (QED) is 0.293. The predicted molar refractivity (Wildman–Crippen MR) is 98.9 cm³/mol. The van der Waals surface area contributed by atoms with Crippen LogP contribution < -0.4 is 3.89 Å². The van der Waals surface area contributed by atoms with Gasteiger partial charge in [0.05, 0.1) is 18.8 Å². The van der Waals surface area contributed by atoms with Crippen molar-refractivity contribution >= 4 is 40.5 Å². The van der Waals surface area contributed by atoms with Gasteiger partial charge in [-0.15, -0.1) is 0 Å². The lowest BCUT2D eigenvalue weighted by molar-refractivity contribution is 0.377. The highest BCUT2D eigenvalue weighted by Crippen LogP contribution is 2.40. The van der Waals surface area contributed by atoms with E-state index in [1.165, 1.54) is 18.2 Å². The van der Waals surface area contributed by atoms with Crippen molar-refractivity contribution in [2.24, 2.45) is 9.98 Å². The second-order valence-electron chi connectivity index (χ2n) is 5.81. The molecule has 0 saturated heterocycles. The Hall–Kier alpha value is -1.95. The van der Waals surface area contributed by atoms with Gasteiger partial charge in [0.25, 0.3) is 0 Å². The van der Waals surface area contributed by atoms with Gasteiger partial charge < -0.3 is 0 Å². The Morgan fingerprint density at radius 3 is 2.00 bits per heavy atom. The number of hydrogen-bond donors (Lipinski definition) is 1. The van der Waals surface area contributed by atoms with Crippen LogP contribution in [0.5, 0.6) is 0 Å². The van der Waals surface area contributed by atoms with Gasteiger partial charge in [0, 0.05) is 6.07 Å². The number of nitrogens with zero attached hydrogens (tertiary/aromatic N) is 3. The fourth-order valence-corrected chi connectivity index (χ4v) is 3.61. The van der Waals surface area contributed by atoms with Crippen LogP contribution in [0.15, 0.2) is 22.1 Å². The topological polar surface area (TPSA) is 96.2 Å². The van der Waals surface area contributed by atoms with Gasteiger partial charge in [-0.2, -0.15) is 18.1 Å². The molecule has 1 N–H and O–H groups in total. The SMILES string of the molecule is CCCC[N+](CCCC)(c1cc(C)c(N=C=O)cc1N=C=O)S(=O)O. The maximum absolute atomic E-state index is 12.4. The molecule has 1 unspecified atom stereocenters. The summed E-state index contributed by atoms with van der Waals surface area (Å²) < 4.78 is 22.3. The first-order valence-corrected chi connectivity index (χ1v) is 9.32. The molecule has 8 heteroatoms. The Balaban J connectivity index is 3.70. The fraction of sp³-hybridized carbons (Fsp3) is 0.529. The van der Waals surface area contributed by atoms with Gasteiger partial charge in [-0.1, -0.05) is 26.7 Å². The Kier molecular flexibility index (Phi) is 8.55.